The standard InChI is InChI=1S/C26H20Cl4N2O2/c27-21-8-4-17(13-23(21)29)6-10-25(33)31-15-19-2-1-3-20(12-19)16-32-26(34)11-7-18-5-9-22(28)24(30)14-18/h1-14H,15-16H2,(H,31,33)(H,32,34)/b10-6+,11-7+. The summed E-state index contributed by atoms with van der Waals surface area (Å²) in [5.41, 5.74) is 3.37. The number of hydrogen-bond acceptors (Lipinski definition) is 2. The first-order valence-electron chi connectivity index (χ1n) is 10.2. The second-order valence-corrected chi connectivity index (χ2v) is 8.90. The van der Waals surface area contributed by atoms with E-state index in [-0.39, 0.29) is 11.8 Å². The molecule has 0 aliphatic rings. The van der Waals surface area contributed by atoms with Crippen LogP contribution < -0.4 is 10.6 Å². The van der Waals surface area contributed by atoms with E-state index >= 15 is 0 Å². The van der Waals surface area contributed by atoms with Crippen LogP contribution in [0.1, 0.15) is 22.3 Å². The van der Waals surface area contributed by atoms with E-state index in [2.05, 4.69) is 10.6 Å². The average molecular weight is 534 g/mol. The topological polar surface area (TPSA) is 58.2 Å². The summed E-state index contributed by atoms with van der Waals surface area (Å²) in [6, 6.07) is 17.9. The minimum atomic E-state index is -0.239. The van der Waals surface area contributed by atoms with Gasteiger partial charge in [-0.05, 0) is 58.7 Å². The predicted molar refractivity (Wildman–Crippen MR) is 141 cm³/mol. The van der Waals surface area contributed by atoms with E-state index in [1.807, 2.05) is 24.3 Å². The fourth-order valence-corrected chi connectivity index (χ4v) is 3.53. The van der Waals surface area contributed by atoms with Gasteiger partial charge < -0.3 is 10.6 Å². The van der Waals surface area contributed by atoms with Gasteiger partial charge in [0.15, 0.2) is 0 Å². The van der Waals surface area contributed by atoms with Gasteiger partial charge in [-0.15, -0.1) is 0 Å². The van der Waals surface area contributed by atoms with Gasteiger partial charge in [-0.1, -0.05) is 82.8 Å². The lowest BCUT2D eigenvalue weighted by Crippen LogP contribution is -2.21. The van der Waals surface area contributed by atoms with Crippen LogP contribution in [-0.2, 0) is 22.7 Å². The molecule has 2 amide bonds. The first-order chi connectivity index (χ1) is 16.3. The van der Waals surface area contributed by atoms with Crippen molar-refractivity contribution in [3.8, 4) is 0 Å². The molecule has 0 radical (unpaired) electrons. The van der Waals surface area contributed by atoms with Crippen molar-refractivity contribution in [3.05, 3.63) is 115 Å². The molecule has 0 heterocycles. The van der Waals surface area contributed by atoms with Crippen LogP contribution in [0.3, 0.4) is 0 Å². The van der Waals surface area contributed by atoms with Crippen LogP contribution in [0.4, 0.5) is 0 Å². The van der Waals surface area contributed by atoms with Crippen LogP contribution in [0.2, 0.25) is 20.1 Å². The summed E-state index contributed by atoms with van der Waals surface area (Å²) in [4.78, 5) is 24.3. The lowest BCUT2D eigenvalue weighted by Gasteiger charge is -2.07. The van der Waals surface area contributed by atoms with Crippen molar-refractivity contribution in [2.45, 2.75) is 13.1 Å². The Bertz CT molecular complexity index is 1160. The third-order valence-electron chi connectivity index (χ3n) is 4.67. The molecule has 0 saturated carbocycles. The number of carbonyl (C=O) groups excluding carboxylic acids is 2. The molecular weight excluding hydrogens is 514 g/mol. The molecular formula is C26H20Cl4N2O2. The molecule has 34 heavy (non-hydrogen) atoms. The molecule has 0 aromatic heterocycles. The predicted octanol–water partition coefficient (Wildman–Crippen LogP) is 6.96. The Morgan fingerprint density at radius 3 is 1.47 bits per heavy atom. The van der Waals surface area contributed by atoms with Crippen molar-refractivity contribution in [1.82, 2.24) is 10.6 Å². The molecule has 0 fully saturated rings. The largest absolute Gasteiger partial charge is 0.348 e. The molecule has 0 spiro atoms. The Labute approximate surface area is 218 Å². The second-order valence-electron chi connectivity index (χ2n) is 7.27. The second kappa shape index (κ2) is 12.6. The first kappa shape index (κ1) is 25.9. The van der Waals surface area contributed by atoms with E-state index in [0.29, 0.717) is 33.2 Å². The molecule has 3 rings (SSSR count). The van der Waals surface area contributed by atoms with Gasteiger partial charge in [0.2, 0.25) is 11.8 Å². The van der Waals surface area contributed by atoms with E-state index in [4.69, 9.17) is 46.4 Å². The molecule has 0 atom stereocenters. The third kappa shape index (κ3) is 8.23. The van der Waals surface area contributed by atoms with Crippen molar-refractivity contribution in [1.29, 1.82) is 0 Å². The Morgan fingerprint density at radius 1 is 0.618 bits per heavy atom. The van der Waals surface area contributed by atoms with Crippen LogP contribution in [0.5, 0.6) is 0 Å². The Hall–Kier alpha value is -2.76. The minimum absolute atomic E-state index is 0.239. The zero-order chi connectivity index (χ0) is 24.5. The molecule has 3 aromatic carbocycles. The van der Waals surface area contributed by atoms with Crippen LogP contribution in [0.15, 0.2) is 72.8 Å². The fourth-order valence-electron chi connectivity index (χ4n) is 2.92. The summed E-state index contributed by atoms with van der Waals surface area (Å²) in [5.74, 6) is -0.477. The van der Waals surface area contributed by atoms with Crippen LogP contribution in [0, 0.1) is 0 Å². The minimum Gasteiger partial charge on any atom is -0.348 e. The summed E-state index contributed by atoms with van der Waals surface area (Å²) in [6.45, 7) is 0.702. The lowest BCUT2D eigenvalue weighted by molar-refractivity contribution is -0.117. The van der Waals surface area contributed by atoms with Gasteiger partial charge in [0.05, 0.1) is 20.1 Å². The van der Waals surface area contributed by atoms with Gasteiger partial charge in [0.1, 0.15) is 0 Å². The number of hydrogen-bond donors (Lipinski definition) is 2. The summed E-state index contributed by atoms with van der Waals surface area (Å²) in [6.07, 6.45) is 6.19. The maximum absolute atomic E-state index is 12.1. The number of rotatable bonds is 8. The molecule has 8 heteroatoms. The molecule has 0 bridgehead atoms. The smallest absolute Gasteiger partial charge is 0.244 e. The zero-order valence-corrected chi connectivity index (χ0v) is 20.8. The summed E-state index contributed by atoms with van der Waals surface area (Å²) in [5, 5.41) is 7.44. The van der Waals surface area contributed by atoms with Gasteiger partial charge in [0.25, 0.3) is 0 Å². The molecule has 0 saturated heterocycles. The number of nitrogens with one attached hydrogen (secondary N) is 2. The molecule has 4 nitrogen and oxygen atoms in total. The van der Waals surface area contributed by atoms with Crippen molar-refractivity contribution >= 4 is 70.4 Å². The van der Waals surface area contributed by atoms with Crippen molar-refractivity contribution in [2.24, 2.45) is 0 Å². The van der Waals surface area contributed by atoms with E-state index in [9.17, 15) is 9.59 Å². The quantitative estimate of drug-likeness (QED) is 0.307. The van der Waals surface area contributed by atoms with Crippen molar-refractivity contribution < 1.29 is 9.59 Å². The van der Waals surface area contributed by atoms with Gasteiger partial charge in [0, 0.05) is 25.2 Å². The molecule has 174 valence electrons. The summed E-state index contributed by atoms with van der Waals surface area (Å²) in [7, 11) is 0. The van der Waals surface area contributed by atoms with Crippen LogP contribution in [0.25, 0.3) is 12.2 Å². The van der Waals surface area contributed by atoms with E-state index < -0.39 is 0 Å². The highest BCUT2D eigenvalue weighted by Gasteiger charge is 2.03. The maximum atomic E-state index is 12.1. The van der Waals surface area contributed by atoms with E-state index in [1.54, 1.807) is 48.6 Å². The highest BCUT2D eigenvalue weighted by Crippen LogP contribution is 2.24. The lowest BCUT2D eigenvalue weighted by atomic mass is 10.1. The Balaban J connectivity index is 1.48. The first-order valence-corrected chi connectivity index (χ1v) is 11.7. The highest BCUT2D eigenvalue weighted by atomic mass is 35.5. The normalized spacial score (nSPS) is 11.2. The molecule has 0 aliphatic heterocycles. The van der Waals surface area contributed by atoms with Crippen molar-refractivity contribution in [3.63, 3.8) is 0 Å². The number of amides is 2. The monoisotopic (exact) mass is 532 g/mol. The summed E-state index contributed by atoms with van der Waals surface area (Å²) < 4.78 is 0. The molecule has 2 N–H and O–H groups in total. The van der Waals surface area contributed by atoms with Gasteiger partial charge in [-0.25, -0.2) is 0 Å². The zero-order valence-electron chi connectivity index (χ0n) is 17.8. The Kier molecular flexibility index (Phi) is 9.61. The van der Waals surface area contributed by atoms with Gasteiger partial charge in [-0.3, -0.25) is 9.59 Å². The molecule has 3 aromatic rings. The Morgan fingerprint density at radius 2 is 1.06 bits per heavy atom. The fraction of sp³-hybridized carbons (Fsp3) is 0.0769. The van der Waals surface area contributed by atoms with Crippen molar-refractivity contribution in [2.75, 3.05) is 0 Å². The molecule has 0 unspecified atom stereocenters. The number of carbonyl (C=O) groups is 2. The maximum Gasteiger partial charge on any atom is 0.244 e. The van der Waals surface area contributed by atoms with Crippen LogP contribution >= 0.6 is 46.4 Å². The van der Waals surface area contributed by atoms with Gasteiger partial charge in [-0.2, -0.15) is 0 Å². The van der Waals surface area contributed by atoms with E-state index in [0.717, 1.165) is 22.3 Å². The number of benzene rings is 3. The summed E-state index contributed by atoms with van der Waals surface area (Å²) >= 11 is 23.8. The third-order valence-corrected chi connectivity index (χ3v) is 6.14. The van der Waals surface area contributed by atoms with E-state index in [1.165, 1.54) is 12.2 Å². The highest BCUT2D eigenvalue weighted by molar-refractivity contribution is 6.42. The van der Waals surface area contributed by atoms with Crippen LogP contribution in [-0.4, -0.2) is 11.8 Å². The SMILES string of the molecule is O=C(/C=C/c1ccc(Cl)c(Cl)c1)NCc1cccc(CNC(=O)/C=C/c2ccc(Cl)c(Cl)c2)c1. The van der Waals surface area contributed by atoms with Gasteiger partial charge >= 0.3 is 0 Å². The molecule has 0 aliphatic carbocycles. The number of halogens is 4. The average Bonchev–Trinajstić information content (AvgIpc) is 2.83.